The topological polar surface area (TPSA) is 83.5 Å². The van der Waals surface area contributed by atoms with Gasteiger partial charge in [0.05, 0.1) is 28.3 Å². The predicted octanol–water partition coefficient (Wildman–Crippen LogP) is 3.30. The first-order valence-corrected chi connectivity index (χ1v) is 12.3. The average molecular weight is 497 g/mol. The number of piperazine rings is 1. The van der Waals surface area contributed by atoms with E-state index in [1.54, 1.807) is 17.6 Å². The van der Waals surface area contributed by atoms with Gasteiger partial charge in [0.1, 0.15) is 5.01 Å². The monoisotopic (exact) mass is 496 g/mol. The first-order chi connectivity index (χ1) is 15.7. The third kappa shape index (κ3) is 5.07. The maximum atomic E-state index is 13.3. The van der Waals surface area contributed by atoms with Gasteiger partial charge in [0.25, 0.3) is 0 Å². The van der Waals surface area contributed by atoms with Gasteiger partial charge in [-0.1, -0.05) is 18.2 Å². The number of amides is 1. The molecule has 1 fully saturated rings. The van der Waals surface area contributed by atoms with E-state index >= 15 is 0 Å². The molecule has 1 aliphatic heterocycles. The summed E-state index contributed by atoms with van der Waals surface area (Å²) in [6.45, 7) is -0.00000240. The lowest BCUT2D eigenvalue weighted by Gasteiger charge is -2.34. The lowest BCUT2D eigenvalue weighted by Crippen LogP contribution is -2.51. The highest BCUT2D eigenvalue weighted by Crippen LogP contribution is 2.35. The van der Waals surface area contributed by atoms with Crippen LogP contribution in [0.3, 0.4) is 0 Å². The van der Waals surface area contributed by atoms with Gasteiger partial charge in [0, 0.05) is 37.8 Å². The van der Waals surface area contributed by atoms with Crippen molar-refractivity contribution in [2.75, 3.05) is 26.2 Å². The van der Waals surface area contributed by atoms with Crippen molar-refractivity contribution in [1.29, 1.82) is 0 Å². The van der Waals surface area contributed by atoms with Crippen molar-refractivity contribution in [3.05, 3.63) is 65.3 Å². The van der Waals surface area contributed by atoms with Crippen molar-refractivity contribution >= 4 is 27.3 Å². The molecule has 0 spiro atoms. The zero-order valence-corrected chi connectivity index (χ0v) is 18.8. The van der Waals surface area contributed by atoms with E-state index in [4.69, 9.17) is 0 Å². The Morgan fingerprint density at radius 2 is 1.73 bits per heavy atom. The molecule has 3 heterocycles. The fourth-order valence-corrected chi connectivity index (χ4v) is 5.93. The highest BCUT2D eigenvalue weighted by atomic mass is 32.2. The molecule has 4 rings (SSSR count). The lowest BCUT2D eigenvalue weighted by molar-refractivity contribution is -0.139. The van der Waals surface area contributed by atoms with Gasteiger partial charge in [-0.15, -0.1) is 11.3 Å². The molecule has 174 valence electrons. The summed E-state index contributed by atoms with van der Waals surface area (Å²) in [5.41, 5.74) is 0.0923. The minimum atomic E-state index is -4.79. The van der Waals surface area contributed by atoms with Crippen LogP contribution >= 0.6 is 11.3 Å². The molecule has 7 nitrogen and oxygen atoms in total. The van der Waals surface area contributed by atoms with Gasteiger partial charge in [-0.3, -0.25) is 9.78 Å². The Morgan fingerprint density at radius 1 is 1.03 bits per heavy atom. The minimum absolute atomic E-state index is 0.0486. The number of carbonyl (C=O) groups excluding carboxylic acids is 1. The van der Waals surface area contributed by atoms with Gasteiger partial charge in [0.2, 0.25) is 15.9 Å². The zero-order valence-electron chi connectivity index (χ0n) is 17.2. The number of hydrogen-bond donors (Lipinski definition) is 0. The molecule has 0 bridgehead atoms. The maximum Gasteiger partial charge on any atom is 0.417 e. The number of hydrogen-bond acceptors (Lipinski definition) is 6. The van der Waals surface area contributed by atoms with Crippen molar-refractivity contribution < 1.29 is 26.4 Å². The van der Waals surface area contributed by atoms with E-state index in [1.165, 1.54) is 22.3 Å². The average Bonchev–Trinajstić information content (AvgIpc) is 3.27. The van der Waals surface area contributed by atoms with Crippen molar-refractivity contribution in [2.24, 2.45) is 0 Å². The molecule has 12 heteroatoms. The van der Waals surface area contributed by atoms with Crippen LogP contribution in [0.15, 0.2) is 58.9 Å². The van der Waals surface area contributed by atoms with E-state index < -0.39 is 26.7 Å². The van der Waals surface area contributed by atoms with Crippen molar-refractivity contribution in [1.82, 2.24) is 19.2 Å². The summed E-state index contributed by atoms with van der Waals surface area (Å²) < 4.78 is 66.6. The van der Waals surface area contributed by atoms with Crippen LogP contribution in [0.5, 0.6) is 0 Å². The van der Waals surface area contributed by atoms with Gasteiger partial charge in [-0.25, -0.2) is 13.4 Å². The molecule has 0 aliphatic carbocycles. The van der Waals surface area contributed by atoms with Crippen molar-refractivity contribution in [3.8, 4) is 10.7 Å². The largest absolute Gasteiger partial charge is 0.417 e. The van der Waals surface area contributed by atoms with Gasteiger partial charge in [-0.05, 0) is 24.3 Å². The number of benzene rings is 1. The number of thiazole rings is 1. The van der Waals surface area contributed by atoms with Crippen LogP contribution in [0.1, 0.15) is 11.3 Å². The third-order valence-electron chi connectivity index (χ3n) is 5.17. The number of carbonyl (C=O) groups is 1. The number of alkyl halides is 3. The Bertz CT molecular complexity index is 1240. The maximum absolute atomic E-state index is 13.3. The highest BCUT2D eigenvalue weighted by Gasteiger charge is 2.39. The second-order valence-electron chi connectivity index (χ2n) is 7.31. The summed E-state index contributed by atoms with van der Waals surface area (Å²) in [5, 5.41) is 2.47. The van der Waals surface area contributed by atoms with Crippen LogP contribution in [-0.4, -0.2) is 59.7 Å². The summed E-state index contributed by atoms with van der Waals surface area (Å²) >= 11 is 1.37. The Kier molecular flexibility index (Phi) is 6.50. The minimum Gasteiger partial charge on any atom is -0.340 e. The smallest absolute Gasteiger partial charge is 0.340 e. The van der Waals surface area contributed by atoms with E-state index in [0.717, 1.165) is 22.5 Å². The van der Waals surface area contributed by atoms with Crippen LogP contribution in [0.25, 0.3) is 10.7 Å². The van der Waals surface area contributed by atoms with Crippen LogP contribution in [0.4, 0.5) is 13.2 Å². The van der Waals surface area contributed by atoms with E-state index in [-0.39, 0.29) is 38.5 Å². The predicted molar refractivity (Wildman–Crippen MR) is 116 cm³/mol. The van der Waals surface area contributed by atoms with Crippen LogP contribution in [-0.2, 0) is 27.4 Å². The molecule has 33 heavy (non-hydrogen) atoms. The number of rotatable bonds is 5. The van der Waals surface area contributed by atoms with Gasteiger partial charge in [0.15, 0.2) is 0 Å². The van der Waals surface area contributed by atoms with E-state index in [2.05, 4.69) is 9.97 Å². The summed E-state index contributed by atoms with van der Waals surface area (Å²) in [4.78, 5) is 22.1. The van der Waals surface area contributed by atoms with Crippen molar-refractivity contribution in [2.45, 2.75) is 17.5 Å². The first-order valence-electron chi connectivity index (χ1n) is 9.96. The third-order valence-corrected chi connectivity index (χ3v) is 8.04. The summed E-state index contributed by atoms with van der Waals surface area (Å²) in [6, 6.07) is 9.57. The molecule has 1 aliphatic rings. The summed E-state index contributed by atoms with van der Waals surface area (Å²) in [6.07, 6.45) is -3.09. The zero-order chi connectivity index (χ0) is 23.6. The standard InChI is InChI=1S/C21H19F3N4O3S2/c22-21(23,24)16-5-1-2-7-18(16)33(30,31)28-11-9-27(10-12-28)19(29)13-15-14-32-20(26-15)17-6-3-4-8-25-17/h1-8,14H,9-13H2. The van der Waals surface area contributed by atoms with Crippen LogP contribution in [0.2, 0.25) is 0 Å². The molecule has 0 atom stereocenters. The molecule has 0 saturated carbocycles. The Hall–Kier alpha value is -2.83. The summed E-state index contributed by atoms with van der Waals surface area (Å²) in [5.74, 6) is -0.222. The summed E-state index contributed by atoms with van der Waals surface area (Å²) in [7, 11) is -4.35. The quantitative estimate of drug-likeness (QED) is 0.541. The molecule has 1 saturated heterocycles. The van der Waals surface area contributed by atoms with E-state index in [0.29, 0.717) is 16.4 Å². The molecule has 0 radical (unpaired) electrons. The Labute approximate surface area is 192 Å². The number of aromatic nitrogens is 2. The molecular weight excluding hydrogens is 477 g/mol. The molecule has 2 aromatic heterocycles. The number of halogens is 3. The Morgan fingerprint density at radius 3 is 2.39 bits per heavy atom. The van der Waals surface area contributed by atoms with Gasteiger partial charge < -0.3 is 4.90 Å². The second kappa shape index (κ2) is 9.20. The normalized spacial score (nSPS) is 15.5. The second-order valence-corrected chi connectivity index (χ2v) is 10.1. The number of nitrogens with zero attached hydrogens (tertiary/aromatic N) is 4. The van der Waals surface area contributed by atoms with Gasteiger partial charge in [-0.2, -0.15) is 17.5 Å². The van der Waals surface area contributed by atoms with E-state index in [1.807, 2.05) is 12.1 Å². The Balaban J connectivity index is 1.40. The van der Waals surface area contributed by atoms with Crippen LogP contribution in [0, 0.1) is 0 Å². The molecule has 0 unspecified atom stereocenters. The first kappa shape index (κ1) is 23.3. The van der Waals surface area contributed by atoms with Gasteiger partial charge >= 0.3 is 6.18 Å². The fourth-order valence-electron chi connectivity index (χ4n) is 3.50. The van der Waals surface area contributed by atoms with Crippen LogP contribution < -0.4 is 0 Å². The SMILES string of the molecule is O=C(Cc1csc(-c2ccccn2)n1)N1CCN(S(=O)(=O)c2ccccc2C(F)(F)F)CC1. The fraction of sp³-hybridized carbons (Fsp3) is 0.286. The van der Waals surface area contributed by atoms with Crippen molar-refractivity contribution in [3.63, 3.8) is 0 Å². The van der Waals surface area contributed by atoms with E-state index in [9.17, 15) is 26.4 Å². The highest BCUT2D eigenvalue weighted by molar-refractivity contribution is 7.89. The molecule has 0 N–H and O–H groups in total. The molecule has 1 aromatic carbocycles. The lowest BCUT2D eigenvalue weighted by atomic mass is 10.2. The molecule has 1 amide bonds. The molecule has 3 aromatic rings. The number of sulfonamides is 1. The molecular formula is C21H19F3N4O3S2. The number of pyridine rings is 1.